The molecule has 198 valence electrons. The number of fused-ring (bicyclic) bond motifs is 1. The fraction of sp³-hybridized carbons (Fsp3) is 0.400. The zero-order chi connectivity index (χ0) is 26.7. The molecule has 2 N–H and O–H groups in total. The molecule has 1 aliphatic heterocycles. The second-order valence-corrected chi connectivity index (χ2v) is 11.2. The molecule has 0 aliphatic carbocycles. The molecular formula is C30H38N8. The number of nitrogens with one attached hydrogen (secondary N) is 2. The van der Waals surface area contributed by atoms with E-state index in [0.717, 1.165) is 73.1 Å². The number of benzene rings is 2. The van der Waals surface area contributed by atoms with E-state index in [1.54, 1.807) is 12.5 Å². The van der Waals surface area contributed by atoms with Gasteiger partial charge in [0.05, 0.1) is 6.20 Å². The lowest BCUT2D eigenvalue weighted by atomic mass is 9.87. The smallest absolute Gasteiger partial charge is 0.226 e. The molecule has 8 nitrogen and oxygen atoms in total. The van der Waals surface area contributed by atoms with Crippen LogP contribution in [-0.4, -0.2) is 58.1 Å². The Balaban J connectivity index is 1.36. The molecule has 1 fully saturated rings. The van der Waals surface area contributed by atoms with Crippen LogP contribution in [0.25, 0.3) is 11.0 Å². The van der Waals surface area contributed by atoms with Crippen LogP contribution in [0.1, 0.15) is 43.9 Å². The average molecular weight is 511 g/mol. The molecule has 0 unspecified atom stereocenters. The molecular weight excluding hydrogens is 472 g/mol. The molecule has 4 aromatic rings. The molecule has 2 aromatic carbocycles. The number of anilines is 4. The Morgan fingerprint density at radius 1 is 0.947 bits per heavy atom. The van der Waals surface area contributed by atoms with Gasteiger partial charge in [-0.3, -0.25) is 0 Å². The summed E-state index contributed by atoms with van der Waals surface area (Å²) in [5.41, 5.74) is 7.35. The molecule has 8 heteroatoms. The normalized spacial score (nSPS) is 14.9. The maximum Gasteiger partial charge on any atom is 0.226 e. The Bertz CT molecular complexity index is 1410. The highest BCUT2D eigenvalue weighted by atomic mass is 15.3. The van der Waals surface area contributed by atoms with Crippen molar-refractivity contribution in [2.75, 3.05) is 48.8 Å². The van der Waals surface area contributed by atoms with Gasteiger partial charge in [0, 0.05) is 37.6 Å². The SMILES string of the molecule is Cc1ccc(CNc2cccc(C(C)(C)C)c2)cc1Nc1ncnc2cnc(N3CCCN(C)CC3)nc12. The van der Waals surface area contributed by atoms with Gasteiger partial charge in [-0.05, 0) is 67.2 Å². The van der Waals surface area contributed by atoms with Gasteiger partial charge in [0.25, 0.3) is 0 Å². The van der Waals surface area contributed by atoms with Crippen molar-refractivity contribution in [3.05, 3.63) is 71.7 Å². The van der Waals surface area contributed by atoms with Crippen LogP contribution >= 0.6 is 0 Å². The molecule has 0 atom stereocenters. The lowest BCUT2D eigenvalue weighted by Gasteiger charge is -2.21. The van der Waals surface area contributed by atoms with Crippen molar-refractivity contribution in [1.29, 1.82) is 0 Å². The maximum atomic E-state index is 4.91. The predicted molar refractivity (Wildman–Crippen MR) is 156 cm³/mol. The number of hydrogen-bond acceptors (Lipinski definition) is 8. The number of nitrogens with zero attached hydrogens (tertiary/aromatic N) is 6. The van der Waals surface area contributed by atoms with E-state index in [1.165, 1.54) is 11.1 Å². The number of aryl methyl sites for hydroxylation is 1. The summed E-state index contributed by atoms with van der Waals surface area (Å²) in [6.45, 7) is 13.5. The number of hydrogen-bond donors (Lipinski definition) is 2. The molecule has 3 heterocycles. The highest BCUT2D eigenvalue weighted by molar-refractivity contribution is 5.87. The van der Waals surface area contributed by atoms with E-state index in [-0.39, 0.29) is 5.41 Å². The summed E-state index contributed by atoms with van der Waals surface area (Å²) in [5, 5.41) is 7.12. The molecule has 0 spiro atoms. The largest absolute Gasteiger partial charge is 0.381 e. The molecule has 0 amide bonds. The van der Waals surface area contributed by atoms with E-state index >= 15 is 0 Å². The van der Waals surface area contributed by atoms with Crippen molar-refractivity contribution in [3.63, 3.8) is 0 Å². The van der Waals surface area contributed by atoms with Gasteiger partial charge >= 0.3 is 0 Å². The Hall–Kier alpha value is -3.78. The topological polar surface area (TPSA) is 82.1 Å². The van der Waals surface area contributed by atoms with Gasteiger partial charge in [0.2, 0.25) is 5.95 Å². The molecule has 38 heavy (non-hydrogen) atoms. The minimum absolute atomic E-state index is 0.117. The van der Waals surface area contributed by atoms with Crippen LogP contribution < -0.4 is 15.5 Å². The van der Waals surface area contributed by atoms with Gasteiger partial charge in [0.15, 0.2) is 5.82 Å². The van der Waals surface area contributed by atoms with Crippen molar-refractivity contribution in [2.45, 2.75) is 46.1 Å². The van der Waals surface area contributed by atoms with E-state index in [2.05, 4.69) is 113 Å². The lowest BCUT2D eigenvalue weighted by molar-refractivity contribution is 0.360. The Morgan fingerprint density at radius 2 is 1.82 bits per heavy atom. The van der Waals surface area contributed by atoms with Crippen LogP contribution in [0.15, 0.2) is 55.0 Å². The lowest BCUT2D eigenvalue weighted by Crippen LogP contribution is -2.30. The van der Waals surface area contributed by atoms with Crippen molar-refractivity contribution in [2.24, 2.45) is 0 Å². The van der Waals surface area contributed by atoms with Crippen molar-refractivity contribution < 1.29 is 0 Å². The maximum absolute atomic E-state index is 4.91. The first-order valence-corrected chi connectivity index (χ1v) is 13.4. The summed E-state index contributed by atoms with van der Waals surface area (Å²) in [5.74, 6) is 1.43. The number of aromatic nitrogens is 4. The minimum atomic E-state index is 0.117. The van der Waals surface area contributed by atoms with Gasteiger partial charge in [-0.1, -0.05) is 45.0 Å². The van der Waals surface area contributed by atoms with Crippen LogP contribution in [0.5, 0.6) is 0 Å². The van der Waals surface area contributed by atoms with Crippen LogP contribution in [0.2, 0.25) is 0 Å². The van der Waals surface area contributed by atoms with Crippen LogP contribution in [0.3, 0.4) is 0 Å². The molecule has 0 bridgehead atoms. The summed E-state index contributed by atoms with van der Waals surface area (Å²) in [6.07, 6.45) is 4.46. The predicted octanol–water partition coefficient (Wildman–Crippen LogP) is 5.52. The van der Waals surface area contributed by atoms with E-state index in [4.69, 9.17) is 4.98 Å². The Labute approximate surface area is 225 Å². The fourth-order valence-corrected chi connectivity index (χ4v) is 4.68. The standard InChI is InChI=1S/C30H38N8/c1-21-10-11-22(18-31-24-9-6-8-23(17-24)30(2,3)4)16-25(21)35-28-27-26(33-20-34-28)19-32-29(36-27)38-13-7-12-37(5)14-15-38/h6,8-11,16-17,19-20,31H,7,12-15,18H2,1-5H3,(H,33,34,35). The Kier molecular flexibility index (Phi) is 7.42. The first-order chi connectivity index (χ1) is 18.3. The van der Waals surface area contributed by atoms with Gasteiger partial charge < -0.3 is 20.4 Å². The van der Waals surface area contributed by atoms with Gasteiger partial charge in [-0.25, -0.2) is 19.9 Å². The highest BCUT2D eigenvalue weighted by Crippen LogP contribution is 2.27. The second kappa shape index (κ2) is 10.9. The molecule has 0 radical (unpaired) electrons. The van der Waals surface area contributed by atoms with Crippen molar-refractivity contribution in [3.8, 4) is 0 Å². The first kappa shape index (κ1) is 25.9. The quantitative estimate of drug-likeness (QED) is 0.351. The summed E-state index contributed by atoms with van der Waals surface area (Å²) in [7, 11) is 2.16. The average Bonchev–Trinajstić information content (AvgIpc) is 3.13. The van der Waals surface area contributed by atoms with Gasteiger partial charge in [-0.2, -0.15) is 0 Å². The summed E-state index contributed by atoms with van der Waals surface area (Å²) >= 11 is 0. The first-order valence-electron chi connectivity index (χ1n) is 13.4. The van der Waals surface area contributed by atoms with Gasteiger partial charge in [0.1, 0.15) is 17.4 Å². The van der Waals surface area contributed by atoms with Crippen molar-refractivity contribution in [1.82, 2.24) is 24.8 Å². The molecule has 1 saturated heterocycles. The van der Waals surface area contributed by atoms with Crippen molar-refractivity contribution >= 4 is 34.2 Å². The minimum Gasteiger partial charge on any atom is -0.381 e. The number of likely N-dealkylation sites (N-methyl/N-ethyl adjacent to an activating group) is 1. The summed E-state index contributed by atoms with van der Waals surface area (Å²) in [6, 6.07) is 15.1. The van der Waals surface area contributed by atoms with E-state index in [0.29, 0.717) is 5.82 Å². The monoisotopic (exact) mass is 510 g/mol. The third-order valence-corrected chi connectivity index (χ3v) is 7.15. The van der Waals surface area contributed by atoms with E-state index < -0.39 is 0 Å². The third kappa shape index (κ3) is 6.02. The summed E-state index contributed by atoms with van der Waals surface area (Å²) in [4.78, 5) is 23.1. The zero-order valence-corrected chi connectivity index (χ0v) is 23.1. The zero-order valence-electron chi connectivity index (χ0n) is 23.1. The second-order valence-electron chi connectivity index (χ2n) is 11.2. The van der Waals surface area contributed by atoms with Gasteiger partial charge in [-0.15, -0.1) is 0 Å². The fourth-order valence-electron chi connectivity index (χ4n) is 4.68. The summed E-state index contributed by atoms with van der Waals surface area (Å²) < 4.78 is 0. The highest BCUT2D eigenvalue weighted by Gasteiger charge is 2.17. The van der Waals surface area contributed by atoms with Crippen LogP contribution in [0, 0.1) is 6.92 Å². The van der Waals surface area contributed by atoms with E-state index in [9.17, 15) is 0 Å². The van der Waals surface area contributed by atoms with Crippen LogP contribution in [0.4, 0.5) is 23.1 Å². The van der Waals surface area contributed by atoms with E-state index in [1.807, 2.05) is 0 Å². The number of rotatable bonds is 6. The molecule has 2 aromatic heterocycles. The Morgan fingerprint density at radius 3 is 2.66 bits per heavy atom. The molecule has 1 aliphatic rings. The molecule has 5 rings (SSSR count). The molecule has 0 saturated carbocycles. The third-order valence-electron chi connectivity index (χ3n) is 7.15. The van der Waals surface area contributed by atoms with Crippen LogP contribution in [-0.2, 0) is 12.0 Å².